The lowest BCUT2D eigenvalue weighted by Gasteiger charge is -2.36. The highest BCUT2D eigenvalue weighted by Gasteiger charge is 2.49. The van der Waals surface area contributed by atoms with Gasteiger partial charge in [-0.15, -0.1) is 0 Å². The van der Waals surface area contributed by atoms with Crippen molar-refractivity contribution in [1.29, 1.82) is 0 Å². The molecule has 0 aliphatic carbocycles. The van der Waals surface area contributed by atoms with Gasteiger partial charge in [-0.25, -0.2) is 4.79 Å². The Bertz CT molecular complexity index is 582. The molecule has 2 N–H and O–H groups in total. The Kier molecular flexibility index (Phi) is 5.26. The molecule has 23 heavy (non-hydrogen) atoms. The van der Waals surface area contributed by atoms with Crippen LogP contribution in [0, 0.1) is 13.8 Å². The van der Waals surface area contributed by atoms with Gasteiger partial charge in [-0.05, 0) is 37.8 Å². The van der Waals surface area contributed by atoms with Crippen molar-refractivity contribution in [3.8, 4) is 0 Å². The van der Waals surface area contributed by atoms with Crippen molar-refractivity contribution in [3.05, 3.63) is 29.3 Å². The molecule has 6 heteroatoms. The minimum absolute atomic E-state index is 0.187. The van der Waals surface area contributed by atoms with Gasteiger partial charge in [0.1, 0.15) is 5.54 Å². The summed E-state index contributed by atoms with van der Waals surface area (Å²) < 4.78 is 5.25. The van der Waals surface area contributed by atoms with E-state index >= 15 is 0 Å². The molecule has 1 aliphatic rings. The number of likely N-dealkylation sites (tertiary alicyclic amines) is 1. The minimum Gasteiger partial charge on any atom is -0.382 e. The van der Waals surface area contributed by atoms with Crippen LogP contribution in [0.5, 0.6) is 0 Å². The van der Waals surface area contributed by atoms with Gasteiger partial charge in [0.25, 0.3) is 0 Å². The second-order valence-electron chi connectivity index (χ2n) is 6.00. The van der Waals surface area contributed by atoms with Gasteiger partial charge in [0, 0.05) is 26.4 Å². The van der Waals surface area contributed by atoms with Crippen molar-refractivity contribution in [1.82, 2.24) is 10.2 Å². The van der Waals surface area contributed by atoms with E-state index in [1.165, 1.54) is 0 Å². The number of likely N-dealkylation sites (N-methyl/N-ethyl adjacent to an activating group) is 1. The van der Waals surface area contributed by atoms with E-state index in [2.05, 4.69) is 10.6 Å². The molecule has 1 aromatic rings. The number of hydrogen-bond donors (Lipinski definition) is 2. The number of nitrogens with zero attached hydrogens (tertiary/aromatic N) is 1. The van der Waals surface area contributed by atoms with Crippen molar-refractivity contribution in [2.45, 2.75) is 32.2 Å². The zero-order chi connectivity index (χ0) is 17.0. The molecular formula is C17H25N3O3. The first kappa shape index (κ1) is 17.3. The van der Waals surface area contributed by atoms with Gasteiger partial charge < -0.3 is 20.3 Å². The molecule has 3 amide bonds. The predicted octanol–water partition coefficient (Wildman–Crippen LogP) is 2.06. The number of hydrogen-bond acceptors (Lipinski definition) is 3. The first-order valence-corrected chi connectivity index (χ1v) is 7.82. The van der Waals surface area contributed by atoms with Crippen LogP contribution in [0.3, 0.4) is 0 Å². The fraction of sp³-hybridized carbons (Fsp3) is 0.529. The molecule has 1 aromatic carbocycles. The highest BCUT2D eigenvalue weighted by molar-refractivity contribution is 5.97. The van der Waals surface area contributed by atoms with E-state index in [1.54, 1.807) is 19.1 Å². The Morgan fingerprint density at radius 1 is 1.30 bits per heavy atom. The van der Waals surface area contributed by atoms with Crippen LogP contribution in [0.15, 0.2) is 18.2 Å². The summed E-state index contributed by atoms with van der Waals surface area (Å²) >= 11 is 0. The van der Waals surface area contributed by atoms with Gasteiger partial charge in [0.05, 0.1) is 6.61 Å². The third-order valence-corrected chi connectivity index (χ3v) is 4.48. The van der Waals surface area contributed by atoms with Crippen LogP contribution in [-0.4, -0.2) is 49.7 Å². The van der Waals surface area contributed by atoms with Gasteiger partial charge >= 0.3 is 6.03 Å². The molecule has 1 fully saturated rings. The number of rotatable bonds is 4. The molecule has 0 bridgehead atoms. The lowest BCUT2D eigenvalue weighted by atomic mass is 9.96. The molecule has 0 spiro atoms. The largest absolute Gasteiger partial charge is 0.382 e. The van der Waals surface area contributed by atoms with Gasteiger partial charge in [0.15, 0.2) is 0 Å². The zero-order valence-corrected chi connectivity index (χ0v) is 14.2. The van der Waals surface area contributed by atoms with Crippen LogP contribution in [-0.2, 0) is 9.53 Å². The van der Waals surface area contributed by atoms with Crippen LogP contribution in [0.1, 0.15) is 24.0 Å². The highest BCUT2D eigenvalue weighted by atomic mass is 16.5. The summed E-state index contributed by atoms with van der Waals surface area (Å²) in [5.74, 6) is -0.187. The molecular weight excluding hydrogens is 294 g/mol. The summed E-state index contributed by atoms with van der Waals surface area (Å²) in [7, 11) is 3.13. The molecule has 126 valence electrons. The first-order chi connectivity index (χ1) is 11.0. The Morgan fingerprint density at radius 3 is 2.52 bits per heavy atom. The van der Waals surface area contributed by atoms with Crippen LogP contribution >= 0.6 is 0 Å². The lowest BCUT2D eigenvalue weighted by molar-refractivity contribution is -0.132. The van der Waals surface area contributed by atoms with E-state index in [9.17, 15) is 9.59 Å². The molecule has 2 rings (SSSR count). The highest BCUT2D eigenvalue weighted by Crippen LogP contribution is 2.31. The van der Waals surface area contributed by atoms with E-state index in [-0.39, 0.29) is 18.5 Å². The van der Waals surface area contributed by atoms with E-state index in [0.717, 1.165) is 23.2 Å². The molecule has 6 nitrogen and oxygen atoms in total. The molecule has 0 radical (unpaired) electrons. The Morgan fingerprint density at radius 2 is 1.96 bits per heavy atom. The molecule has 1 saturated heterocycles. The molecule has 0 aromatic heterocycles. The molecule has 1 unspecified atom stereocenters. The number of benzene rings is 1. The number of amides is 3. The number of carbonyl (C=O) groups is 2. The molecule has 1 atom stereocenters. The number of para-hydroxylation sites is 1. The van der Waals surface area contributed by atoms with Gasteiger partial charge in [-0.2, -0.15) is 0 Å². The maximum Gasteiger partial charge on any atom is 0.322 e. The lowest BCUT2D eigenvalue weighted by Crippen LogP contribution is -2.60. The zero-order valence-electron chi connectivity index (χ0n) is 14.2. The van der Waals surface area contributed by atoms with Crippen LogP contribution < -0.4 is 10.6 Å². The second-order valence-corrected chi connectivity index (χ2v) is 6.00. The van der Waals surface area contributed by atoms with Gasteiger partial charge in [-0.3, -0.25) is 4.79 Å². The number of aryl methyl sites for hydroxylation is 2. The van der Waals surface area contributed by atoms with E-state index in [1.807, 2.05) is 32.0 Å². The van der Waals surface area contributed by atoms with E-state index in [0.29, 0.717) is 13.0 Å². The summed E-state index contributed by atoms with van der Waals surface area (Å²) in [6, 6.07) is 5.60. The monoisotopic (exact) mass is 319 g/mol. The summed E-state index contributed by atoms with van der Waals surface area (Å²) in [6.07, 6.45) is 1.37. The van der Waals surface area contributed by atoms with Crippen LogP contribution in [0.4, 0.5) is 10.5 Å². The maximum atomic E-state index is 12.8. The average Bonchev–Trinajstić information content (AvgIpc) is 2.95. The van der Waals surface area contributed by atoms with E-state index < -0.39 is 5.54 Å². The van der Waals surface area contributed by atoms with Crippen molar-refractivity contribution in [2.24, 2.45) is 0 Å². The second kappa shape index (κ2) is 7.00. The molecule has 1 heterocycles. The normalized spacial score (nSPS) is 20.4. The summed E-state index contributed by atoms with van der Waals surface area (Å²) in [6.45, 7) is 4.63. The smallest absolute Gasteiger partial charge is 0.322 e. The number of ether oxygens (including phenoxy) is 1. The van der Waals surface area contributed by atoms with Crippen molar-refractivity contribution in [2.75, 3.05) is 32.6 Å². The fourth-order valence-corrected chi connectivity index (χ4v) is 3.28. The summed E-state index contributed by atoms with van der Waals surface area (Å²) in [5.41, 5.74) is 1.85. The first-order valence-electron chi connectivity index (χ1n) is 7.82. The standard InChI is InChI=1S/C17H25N3O3/c1-12-7-5-8-13(2)14(12)19-16(22)20-10-6-9-17(20,11-23-4)15(21)18-3/h5,7-8H,6,9-11H2,1-4H3,(H,18,21)(H,19,22). The minimum atomic E-state index is -0.940. The number of carbonyl (C=O) groups excluding carboxylic acids is 2. The third kappa shape index (κ3) is 3.17. The van der Waals surface area contributed by atoms with E-state index in [4.69, 9.17) is 4.74 Å². The number of anilines is 1. The molecule has 0 saturated carbocycles. The predicted molar refractivity (Wildman–Crippen MR) is 89.5 cm³/mol. The van der Waals surface area contributed by atoms with Crippen molar-refractivity contribution in [3.63, 3.8) is 0 Å². The quantitative estimate of drug-likeness (QED) is 0.892. The Hall–Kier alpha value is -2.08. The maximum absolute atomic E-state index is 12.8. The fourth-order valence-electron chi connectivity index (χ4n) is 3.28. The number of urea groups is 1. The third-order valence-electron chi connectivity index (χ3n) is 4.48. The van der Waals surface area contributed by atoms with Crippen molar-refractivity contribution >= 4 is 17.6 Å². The summed E-state index contributed by atoms with van der Waals surface area (Å²) in [5, 5.41) is 5.63. The topological polar surface area (TPSA) is 70.7 Å². The molecule has 1 aliphatic heterocycles. The Balaban J connectivity index is 2.28. The summed E-state index contributed by atoms with van der Waals surface area (Å²) in [4.78, 5) is 26.8. The average molecular weight is 319 g/mol. The number of nitrogens with one attached hydrogen (secondary N) is 2. The van der Waals surface area contributed by atoms with Crippen LogP contribution in [0.2, 0.25) is 0 Å². The number of methoxy groups -OCH3 is 1. The van der Waals surface area contributed by atoms with Gasteiger partial charge in [-0.1, -0.05) is 18.2 Å². The van der Waals surface area contributed by atoms with Crippen molar-refractivity contribution < 1.29 is 14.3 Å². The SMILES string of the molecule is CNC(=O)C1(COC)CCCN1C(=O)Nc1c(C)cccc1C. The van der Waals surface area contributed by atoms with Crippen LogP contribution in [0.25, 0.3) is 0 Å². The van der Waals surface area contributed by atoms with Gasteiger partial charge in [0.2, 0.25) is 5.91 Å². The Labute approximate surface area is 137 Å².